The normalized spacial score (nSPS) is 25.5. The van der Waals surface area contributed by atoms with E-state index in [1.807, 2.05) is 37.3 Å². The molecule has 6 nitrogen and oxygen atoms in total. The van der Waals surface area contributed by atoms with Crippen LogP contribution in [0.15, 0.2) is 42.5 Å². The summed E-state index contributed by atoms with van der Waals surface area (Å²) >= 11 is 6.35. The summed E-state index contributed by atoms with van der Waals surface area (Å²) < 4.78 is 11.1. The van der Waals surface area contributed by atoms with Gasteiger partial charge in [0.05, 0.1) is 13.2 Å². The van der Waals surface area contributed by atoms with E-state index in [1.165, 1.54) is 6.42 Å². The lowest BCUT2D eigenvalue weighted by Crippen LogP contribution is -2.55. The summed E-state index contributed by atoms with van der Waals surface area (Å²) in [5, 5.41) is 40.3. The molecule has 5 atom stereocenters. The first-order valence-electron chi connectivity index (χ1n) is 10.7. The summed E-state index contributed by atoms with van der Waals surface area (Å²) in [5.74, 6) is 0.799. The third kappa shape index (κ3) is 6.65. The molecule has 0 saturated carbocycles. The number of rotatable bonds is 6. The lowest BCUT2D eigenvalue weighted by Gasteiger charge is -2.40. The Morgan fingerprint density at radius 2 is 1.58 bits per heavy atom. The van der Waals surface area contributed by atoms with Gasteiger partial charge in [-0.2, -0.15) is 0 Å². The van der Waals surface area contributed by atoms with E-state index in [2.05, 4.69) is 13.8 Å². The van der Waals surface area contributed by atoms with Crippen molar-refractivity contribution in [2.75, 3.05) is 13.2 Å². The van der Waals surface area contributed by atoms with Crippen LogP contribution < -0.4 is 4.74 Å². The van der Waals surface area contributed by atoms with Crippen molar-refractivity contribution in [3.63, 3.8) is 0 Å². The maximum Gasteiger partial charge on any atom is 0.119 e. The number of aliphatic hydroxyl groups is 4. The molecule has 2 aromatic rings. The molecule has 172 valence electrons. The smallest absolute Gasteiger partial charge is 0.119 e. The lowest BCUT2D eigenvalue weighted by atomic mass is 9.90. The summed E-state index contributed by atoms with van der Waals surface area (Å²) in [5.41, 5.74) is 2.49. The molecule has 1 aliphatic rings. The van der Waals surface area contributed by atoms with Crippen LogP contribution >= 0.6 is 11.6 Å². The summed E-state index contributed by atoms with van der Waals surface area (Å²) in [6.45, 7) is 6.32. The largest absolute Gasteiger partial charge is 0.494 e. The molecule has 1 fully saturated rings. The molecule has 2 aromatic carbocycles. The molecule has 0 bridgehead atoms. The zero-order valence-corrected chi connectivity index (χ0v) is 19.0. The Kier molecular flexibility index (Phi) is 10.2. The average Bonchev–Trinajstić information content (AvgIpc) is 2.76. The van der Waals surface area contributed by atoms with Crippen molar-refractivity contribution in [3.8, 4) is 5.75 Å². The molecule has 0 aromatic heterocycles. The highest BCUT2D eigenvalue weighted by Crippen LogP contribution is 2.34. The minimum absolute atomic E-state index is 0.464. The Balaban J connectivity index is 0.00000107. The van der Waals surface area contributed by atoms with Crippen LogP contribution in [0.25, 0.3) is 0 Å². The molecule has 0 amide bonds. The molecule has 0 radical (unpaired) electrons. The molecule has 1 aliphatic heterocycles. The Bertz CT molecular complexity index is 795. The molecule has 31 heavy (non-hydrogen) atoms. The highest BCUT2D eigenvalue weighted by Gasteiger charge is 2.43. The number of hydrogen-bond donors (Lipinski definition) is 4. The van der Waals surface area contributed by atoms with Crippen LogP contribution in [-0.4, -0.2) is 58.1 Å². The fraction of sp³-hybridized carbons (Fsp3) is 0.500. The summed E-state index contributed by atoms with van der Waals surface area (Å²) in [6.07, 6.45) is -4.14. The molecule has 0 unspecified atom stereocenters. The van der Waals surface area contributed by atoms with Gasteiger partial charge in [-0.1, -0.05) is 56.1 Å². The third-order valence-electron chi connectivity index (χ3n) is 4.92. The Morgan fingerprint density at radius 3 is 2.16 bits per heavy atom. The van der Waals surface area contributed by atoms with Crippen LogP contribution in [0.2, 0.25) is 5.02 Å². The first-order chi connectivity index (χ1) is 14.9. The van der Waals surface area contributed by atoms with Gasteiger partial charge in [-0.05, 0) is 48.2 Å². The standard InChI is InChI=1S/C21H25ClO6.C3H8/c1-2-27-15-6-3-12(4-7-15)9-14-10-13(5-8-16(14)22)21-20(26)19(25)18(24)17(11-23)28-21;1-3-2/h3-8,10,17-21,23-26H,2,9,11H2,1H3;3H2,1-2H3/t17-,18-,19+,20-,21+;/m1./s1. The van der Waals surface area contributed by atoms with Gasteiger partial charge in [-0.25, -0.2) is 0 Å². The van der Waals surface area contributed by atoms with Gasteiger partial charge in [0.2, 0.25) is 0 Å². The Hall–Kier alpha value is -1.67. The second kappa shape index (κ2) is 12.4. The van der Waals surface area contributed by atoms with Crippen molar-refractivity contribution in [2.24, 2.45) is 0 Å². The van der Waals surface area contributed by atoms with Gasteiger partial charge in [0.1, 0.15) is 36.3 Å². The maximum atomic E-state index is 10.3. The van der Waals surface area contributed by atoms with Crippen LogP contribution in [0.4, 0.5) is 0 Å². The lowest BCUT2D eigenvalue weighted by molar-refractivity contribution is -0.231. The zero-order chi connectivity index (χ0) is 23.0. The topological polar surface area (TPSA) is 99.4 Å². The van der Waals surface area contributed by atoms with Gasteiger partial charge in [0.15, 0.2) is 0 Å². The van der Waals surface area contributed by atoms with Gasteiger partial charge in [0.25, 0.3) is 0 Å². The van der Waals surface area contributed by atoms with E-state index in [0.717, 1.165) is 16.9 Å². The first-order valence-corrected chi connectivity index (χ1v) is 11.0. The molecule has 7 heteroatoms. The molecular formula is C24H33ClO6. The molecule has 1 heterocycles. The van der Waals surface area contributed by atoms with Gasteiger partial charge < -0.3 is 29.9 Å². The summed E-state index contributed by atoms with van der Waals surface area (Å²) in [6, 6.07) is 12.9. The Labute approximate surface area is 189 Å². The average molecular weight is 453 g/mol. The van der Waals surface area contributed by atoms with E-state index in [4.69, 9.17) is 21.1 Å². The molecule has 4 N–H and O–H groups in total. The minimum atomic E-state index is -1.42. The van der Waals surface area contributed by atoms with Crippen LogP contribution in [0.3, 0.4) is 0 Å². The highest BCUT2D eigenvalue weighted by molar-refractivity contribution is 6.31. The second-order valence-corrected chi connectivity index (χ2v) is 7.97. The maximum absolute atomic E-state index is 10.3. The van der Waals surface area contributed by atoms with E-state index in [9.17, 15) is 20.4 Å². The highest BCUT2D eigenvalue weighted by atomic mass is 35.5. The first kappa shape index (κ1) is 25.6. The number of benzene rings is 2. The fourth-order valence-corrected chi connectivity index (χ4v) is 3.56. The number of aliphatic hydroxyl groups excluding tert-OH is 4. The number of halogens is 1. The number of ether oxygens (including phenoxy) is 2. The van der Waals surface area contributed by atoms with Crippen molar-refractivity contribution < 1.29 is 29.9 Å². The predicted molar refractivity (Wildman–Crippen MR) is 121 cm³/mol. The van der Waals surface area contributed by atoms with Crippen LogP contribution in [0, 0.1) is 0 Å². The molecule has 0 spiro atoms. The SMILES string of the molecule is CCC.CCOc1ccc(Cc2cc([C@@H]3O[C@H](CO)[C@@H](O)[C@H](O)[C@H]3O)ccc2Cl)cc1. The van der Waals surface area contributed by atoms with E-state index >= 15 is 0 Å². The van der Waals surface area contributed by atoms with Crippen molar-refractivity contribution >= 4 is 11.6 Å². The van der Waals surface area contributed by atoms with Gasteiger partial charge in [0, 0.05) is 5.02 Å². The molecule has 3 rings (SSSR count). The van der Waals surface area contributed by atoms with Crippen molar-refractivity contribution in [1.82, 2.24) is 0 Å². The predicted octanol–water partition coefficient (Wildman–Crippen LogP) is 3.26. The van der Waals surface area contributed by atoms with Crippen molar-refractivity contribution in [1.29, 1.82) is 0 Å². The zero-order valence-electron chi connectivity index (χ0n) is 18.2. The van der Waals surface area contributed by atoms with Gasteiger partial charge in [-0.3, -0.25) is 0 Å². The summed E-state index contributed by atoms with van der Waals surface area (Å²) in [4.78, 5) is 0. The quantitative estimate of drug-likeness (QED) is 0.537. The van der Waals surface area contributed by atoms with Crippen LogP contribution in [0.1, 0.15) is 50.0 Å². The van der Waals surface area contributed by atoms with Gasteiger partial charge in [-0.15, -0.1) is 0 Å². The fourth-order valence-electron chi connectivity index (χ4n) is 3.37. The Morgan fingerprint density at radius 1 is 0.935 bits per heavy atom. The van der Waals surface area contributed by atoms with E-state index < -0.39 is 37.1 Å². The monoisotopic (exact) mass is 452 g/mol. The molecule has 1 saturated heterocycles. The second-order valence-electron chi connectivity index (χ2n) is 7.56. The molecule has 0 aliphatic carbocycles. The minimum Gasteiger partial charge on any atom is -0.494 e. The van der Waals surface area contributed by atoms with E-state index in [0.29, 0.717) is 23.6 Å². The van der Waals surface area contributed by atoms with Crippen molar-refractivity contribution in [3.05, 3.63) is 64.2 Å². The summed E-state index contributed by atoms with van der Waals surface area (Å²) in [7, 11) is 0. The van der Waals surface area contributed by atoms with E-state index in [1.54, 1.807) is 12.1 Å². The number of hydrogen-bond acceptors (Lipinski definition) is 6. The molecular weight excluding hydrogens is 420 g/mol. The van der Waals surface area contributed by atoms with Gasteiger partial charge >= 0.3 is 0 Å². The van der Waals surface area contributed by atoms with Crippen LogP contribution in [0.5, 0.6) is 5.75 Å². The third-order valence-corrected chi connectivity index (χ3v) is 5.29. The van der Waals surface area contributed by atoms with E-state index in [-0.39, 0.29) is 0 Å². The van der Waals surface area contributed by atoms with Crippen molar-refractivity contribution in [2.45, 2.75) is 64.1 Å². The van der Waals surface area contributed by atoms with Crippen LogP contribution in [-0.2, 0) is 11.2 Å².